The van der Waals surface area contributed by atoms with Crippen LogP contribution in [0.4, 0.5) is 0 Å². The molecule has 0 radical (unpaired) electrons. The van der Waals surface area contributed by atoms with Gasteiger partial charge in [-0.15, -0.1) is 0 Å². The molecule has 0 aliphatic heterocycles. The van der Waals surface area contributed by atoms with Crippen molar-refractivity contribution in [3.05, 3.63) is 0 Å². The van der Waals surface area contributed by atoms with E-state index in [2.05, 4.69) is 12.2 Å². The highest BCUT2D eigenvalue weighted by Crippen LogP contribution is 2.38. The highest BCUT2D eigenvalue weighted by atomic mass is 16.2. The standard InChI is InChI=1S/C12H22N2O/c1-8(9-5-6-9)14-11(15)12(2)7-3-4-10(12)13/h8-10H,3-7,13H2,1-2H3,(H,14,15). The van der Waals surface area contributed by atoms with E-state index in [0.29, 0.717) is 6.04 Å². The summed E-state index contributed by atoms with van der Waals surface area (Å²) in [6.45, 7) is 4.12. The van der Waals surface area contributed by atoms with Crippen molar-refractivity contribution in [1.29, 1.82) is 0 Å². The molecular formula is C12H22N2O. The van der Waals surface area contributed by atoms with E-state index in [1.807, 2.05) is 6.92 Å². The van der Waals surface area contributed by atoms with Crippen LogP contribution < -0.4 is 11.1 Å². The Hall–Kier alpha value is -0.570. The molecule has 3 heteroatoms. The normalized spacial score (nSPS) is 37.7. The first kappa shape index (κ1) is 10.9. The van der Waals surface area contributed by atoms with Gasteiger partial charge in [-0.25, -0.2) is 0 Å². The molecular weight excluding hydrogens is 188 g/mol. The van der Waals surface area contributed by atoms with Crippen molar-refractivity contribution >= 4 is 5.91 Å². The fourth-order valence-electron chi connectivity index (χ4n) is 2.56. The zero-order valence-electron chi connectivity index (χ0n) is 9.75. The van der Waals surface area contributed by atoms with Crippen molar-refractivity contribution in [2.45, 2.75) is 58.0 Å². The molecule has 1 amide bonds. The molecule has 0 heterocycles. The molecule has 0 aromatic rings. The van der Waals surface area contributed by atoms with Crippen LogP contribution in [0.3, 0.4) is 0 Å². The fourth-order valence-corrected chi connectivity index (χ4v) is 2.56. The van der Waals surface area contributed by atoms with E-state index in [4.69, 9.17) is 5.73 Å². The Morgan fingerprint density at radius 2 is 2.13 bits per heavy atom. The second-order valence-corrected chi connectivity index (χ2v) is 5.52. The molecule has 15 heavy (non-hydrogen) atoms. The summed E-state index contributed by atoms with van der Waals surface area (Å²) in [6, 6.07) is 0.381. The first-order chi connectivity index (χ1) is 7.04. The minimum absolute atomic E-state index is 0.0453. The van der Waals surface area contributed by atoms with Crippen LogP contribution in [-0.2, 0) is 4.79 Å². The predicted octanol–water partition coefficient (Wildman–Crippen LogP) is 1.42. The van der Waals surface area contributed by atoms with E-state index in [9.17, 15) is 4.79 Å². The molecule has 2 aliphatic carbocycles. The Balaban J connectivity index is 1.94. The van der Waals surface area contributed by atoms with Gasteiger partial charge in [0.25, 0.3) is 0 Å². The highest BCUT2D eigenvalue weighted by Gasteiger charge is 2.44. The molecule has 2 rings (SSSR count). The summed E-state index contributed by atoms with van der Waals surface area (Å²) in [6.07, 6.45) is 5.55. The molecule has 3 N–H and O–H groups in total. The van der Waals surface area contributed by atoms with Crippen molar-refractivity contribution in [1.82, 2.24) is 5.32 Å². The quantitative estimate of drug-likeness (QED) is 0.740. The van der Waals surface area contributed by atoms with Gasteiger partial charge in [-0.1, -0.05) is 6.42 Å². The van der Waals surface area contributed by atoms with Crippen LogP contribution in [0.1, 0.15) is 46.0 Å². The van der Waals surface area contributed by atoms with E-state index in [-0.39, 0.29) is 17.4 Å². The zero-order chi connectivity index (χ0) is 11.1. The van der Waals surface area contributed by atoms with E-state index >= 15 is 0 Å². The maximum atomic E-state index is 12.1. The number of carbonyl (C=O) groups excluding carboxylic acids is 1. The third-order valence-electron chi connectivity index (χ3n) is 4.24. The number of nitrogens with one attached hydrogen (secondary N) is 1. The van der Waals surface area contributed by atoms with Crippen LogP contribution in [0.15, 0.2) is 0 Å². The molecule has 2 aliphatic rings. The summed E-state index contributed by atoms with van der Waals surface area (Å²) < 4.78 is 0. The smallest absolute Gasteiger partial charge is 0.227 e. The van der Waals surface area contributed by atoms with Crippen molar-refractivity contribution in [2.75, 3.05) is 0 Å². The number of rotatable bonds is 3. The maximum absolute atomic E-state index is 12.1. The predicted molar refractivity (Wildman–Crippen MR) is 60.3 cm³/mol. The third-order valence-corrected chi connectivity index (χ3v) is 4.24. The van der Waals surface area contributed by atoms with Gasteiger partial charge in [-0.3, -0.25) is 4.79 Å². The summed E-state index contributed by atoms with van der Waals surface area (Å²) in [5, 5.41) is 3.14. The monoisotopic (exact) mass is 210 g/mol. The number of nitrogens with two attached hydrogens (primary N) is 1. The summed E-state index contributed by atoms with van der Waals surface area (Å²) >= 11 is 0. The molecule has 0 aromatic heterocycles. The Morgan fingerprint density at radius 1 is 1.47 bits per heavy atom. The lowest BCUT2D eigenvalue weighted by Gasteiger charge is -2.29. The first-order valence-electron chi connectivity index (χ1n) is 6.10. The van der Waals surface area contributed by atoms with Gasteiger partial charge in [0.1, 0.15) is 0 Å². The van der Waals surface area contributed by atoms with Gasteiger partial charge in [0.15, 0.2) is 0 Å². The number of amides is 1. The number of hydrogen-bond acceptors (Lipinski definition) is 2. The SMILES string of the molecule is CC(NC(=O)C1(C)CCCC1N)C1CC1. The van der Waals surface area contributed by atoms with Crippen LogP contribution in [0.5, 0.6) is 0 Å². The second-order valence-electron chi connectivity index (χ2n) is 5.52. The van der Waals surface area contributed by atoms with Gasteiger partial charge in [0.05, 0.1) is 5.41 Å². The van der Waals surface area contributed by atoms with Crippen molar-refractivity contribution < 1.29 is 4.79 Å². The lowest BCUT2D eigenvalue weighted by atomic mass is 9.84. The van der Waals surface area contributed by atoms with Crippen molar-refractivity contribution in [3.8, 4) is 0 Å². The summed E-state index contributed by atoms with van der Waals surface area (Å²) in [7, 11) is 0. The van der Waals surface area contributed by atoms with Crippen LogP contribution in [0.2, 0.25) is 0 Å². The minimum Gasteiger partial charge on any atom is -0.353 e. The molecule has 0 aromatic carbocycles. The van der Waals surface area contributed by atoms with E-state index in [1.54, 1.807) is 0 Å². The zero-order valence-corrected chi connectivity index (χ0v) is 9.75. The molecule has 86 valence electrons. The number of carbonyl (C=O) groups is 1. The Kier molecular flexibility index (Phi) is 2.75. The van der Waals surface area contributed by atoms with Gasteiger partial charge in [-0.05, 0) is 45.4 Å². The van der Waals surface area contributed by atoms with Crippen LogP contribution in [0, 0.1) is 11.3 Å². The molecule has 0 saturated heterocycles. The van der Waals surface area contributed by atoms with Crippen LogP contribution in [0.25, 0.3) is 0 Å². The van der Waals surface area contributed by atoms with Gasteiger partial charge in [0, 0.05) is 12.1 Å². The molecule has 2 saturated carbocycles. The van der Waals surface area contributed by atoms with Crippen molar-refractivity contribution in [3.63, 3.8) is 0 Å². The van der Waals surface area contributed by atoms with Crippen LogP contribution >= 0.6 is 0 Å². The van der Waals surface area contributed by atoms with Gasteiger partial charge in [-0.2, -0.15) is 0 Å². The molecule has 3 nitrogen and oxygen atoms in total. The average Bonchev–Trinajstić information content (AvgIpc) is 2.95. The molecule has 2 fully saturated rings. The largest absolute Gasteiger partial charge is 0.353 e. The third kappa shape index (κ3) is 2.03. The maximum Gasteiger partial charge on any atom is 0.227 e. The van der Waals surface area contributed by atoms with E-state index in [1.165, 1.54) is 12.8 Å². The van der Waals surface area contributed by atoms with Gasteiger partial charge in [0.2, 0.25) is 5.91 Å². The topological polar surface area (TPSA) is 55.1 Å². The Bertz CT molecular complexity index is 262. The Labute approximate surface area is 91.8 Å². The lowest BCUT2D eigenvalue weighted by Crippen LogP contribution is -2.50. The number of hydrogen-bond donors (Lipinski definition) is 2. The minimum atomic E-state index is -0.316. The van der Waals surface area contributed by atoms with E-state index in [0.717, 1.165) is 25.2 Å². The summed E-state index contributed by atoms with van der Waals surface area (Å²) in [5.41, 5.74) is 5.70. The van der Waals surface area contributed by atoms with Gasteiger partial charge >= 0.3 is 0 Å². The highest BCUT2D eigenvalue weighted by molar-refractivity contribution is 5.83. The van der Waals surface area contributed by atoms with Crippen LogP contribution in [-0.4, -0.2) is 18.0 Å². The van der Waals surface area contributed by atoms with Crippen molar-refractivity contribution in [2.24, 2.45) is 17.1 Å². The van der Waals surface area contributed by atoms with Gasteiger partial charge < -0.3 is 11.1 Å². The summed E-state index contributed by atoms with van der Waals surface area (Å²) in [4.78, 5) is 12.1. The summed E-state index contributed by atoms with van der Waals surface area (Å²) in [5.74, 6) is 0.891. The Morgan fingerprint density at radius 3 is 2.60 bits per heavy atom. The molecule has 3 atom stereocenters. The molecule has 0 bridgehead atoms. The fraction of sp³-hybridized carbons (Fsp3) is 0.917. The average molecular weight is 210 g/mol. The molecule has 3 unspecified atom stereocenters. The lowest BCUT2D eigenvalue weighted by molar-refractivity contribution is -0.131. The second kappa shape index (κ2) is 3.78. The first-order valence-corrected chi connectivity index (χ1v) is 6.10. The molecule has 0 spiro atoms. The van der Waals surface area contributed by atoms with E-state index < -0.39 is 0 Å².